The molecule has 0 aliphatic carbocycles. The molecule has 2 aromatic rings. The topological polar surface area (TPSA) is 75.3 Å². The van der Waals surface area contributed by atoms with Gasteiger partial charge in [-0.3, -0.25) is 14.4 Å². The van der Waals surface area contributed by atoms with Gasteiger partial charge in [-0.05, 0) is 70.0 Å². The molecule has 2 amide bonds. The van der Waals surface area contributed by atoms with Crippen molar-refractivity contribution in [2.45, 2.75) is 34.6 Å². The fourth-order valence-corrected chi connectivity index (χ4v) is 2.46. The average molecular weight is 352 g/mol. The van der Waals surface area contributed by atoms with Gasteiger partial charge in [-0.1, -0.05) is 18.2 Å². The zero-order chi connectivity index (χ0) is 19.5. The van der Waals surface area contributed by atoms with Gasteiger partial charge in [0.2, 0.25) is 11.8 Å². The molecule has 0 atom stereocenters. The van der Waals surface area contributed by atoms with Crippen molar-refractivity contribution < 1.29 is 14.4 Å². The minimum Gasteiger partial charge on any atom is -0.325 e. The van der Waals surface area contributed by atoms with Crippen LogP contribution < -0.4 is 10.6 Å². The van der Waals surface area contributed by atoms with E-state index in [1.165, 1.54) is 6.92 Å². The molecule has 2 aromatic carbocycles. The number of rotatable bonds is 5. The molecule has 0 saturated heterocycles. The quantitative estimate of drug-likeness (QED) is 0.628. The maximum atomic E-state index is 12.7. The number of aryl methyl sites for hydroxylation is 2. The Labute approximate surface area is 153 Å². The second kappa shape index (κ2) is 7.52. The van der Waals surface area contributed by atoms with Gasteiger partial charge in [0.15, 0.2) is 5.78 Å². The van der Waals surface area contributed by atoms with Gasteiger partial charge in [-0.2, -0.15) is 0 Å². The van der Waals surface area contributed by atoms with E-state index in [-0.39, 0.29) is 11.7 Å². The third-order valence-corrected chi connectivity index (χ3v) is 4.40. The zero-order valence-electron chi connectivity index (χ0n) is 15.8. The van der Waals surface area contributed by atoms with Crippen LogP contribution in [0.3, 0.4) is 0 Å². The number of hydrogen-bond acceptors (Lipinski definition) is 3. The molecular weight excluding hydrogens is 328 g/mol. The van der Waals surface area contributed by atoms with Crippen LogP contribution in [0.25, 0.3) is 0 Å². The van der Waals surface area contributed by atoms with Crippen LogP contribution in [0.2, 0.25) is 0 Å². The molecule has 0 unspecified atom stereocenters. The fraction of sp³-hybridized carbons (Fsp3) is 0.286. The van der Waals surface area contributed by atoms with Crippen molar-refractivity contribution in [1.82, 2.24) is 0 Å². The smallest absolute Gasteiger partial charge is 0.239 e. The number of anilines is 2. The van der Waals surface area contributed by atoms with Gasteiger partial charge >= 0.3 is 0 Å². The van der Waals surface area contributed by atoms with E-state index in [1.54, 1.807) is 38.1 Å². The van der Waals surface area contributed by atoms with E-state index in [2.05, 4.69) is 10.6 Å². The SMILES string of the molecule is CC(=O)c1ccc(NC(=O)C(C)(C)C(=O)Nc2c(C)cccc2C)cc1. The highest BCUT2D eigenvalue weighted by Gasteiger charge is 2.36. The number of benzene rings is 2. The first-order valence-electron chi connectivity index (χ1n) is 8.43. The van der Waals surface area contributed by atoms with E-state index in [0.717, 1.165) is 16.8 Å². The van der Waals surface area contributed by atoms with Crippen LogP contribution in [0.4, 0.5) is 11.4 Å². The molecule has 0 aromatic heterocycles. The molecule has 26 heavy (non-hydrogen) atoms. The summed E-state index contributed by atoms with van der Waals surface area (Å²) in [7, 11) is 0. The van der Waals surface area contributed by atoms with Crippen molar-refractivity contribution in [2.75, 3.05) is 10.6 Å². The predicted octanol–water partition coefficient (Wildman–Crippen LogP) is 4.11. The Morgan fingerprint density at radius 2 is 1.31 bits per heavy atom. The summed E-state index contributed by atoms with van der Waals surface area (Å²) in [6.07, 6.45) is 0. The summed E-state index contributed by atoms with van der Waals surface area (Å²) in [4.78, 5) is 36.6. The van der Waals surface area contributed by atoms with E-state index in [4.69, 9.17) is 0 Å². The number of hydrogen-bond donors (Lipinski definition) is 2. The Morgan fingerprint density at radius 3 is 1.81 bits per heavy atom. The van der Waals surface area contributed by atoms with Gasteiger partial charge in [0, 0.05) is 16.9 Å². The second-order valence-electron chi connectivity index (χ2n) is 6.93. The summed E-state index contributed by atoms with van der Waals surface area (Å²) in [5.74, 6) is -0.847. The van der Waals surface area contributed by atoms with E-state index >= 15 is 0 Å². The summed E-state index contributed by atoms with van der Waals surface area (Å²) in [6, 6.07) is 12.3. The lowest BCUT2D eigenvalue weighted by Gasteiger charge is -2.24. The van der Waals surface area contributed by atoms with Gasteiger partial charge < -0.3 is 10.6 Å². The summed E-state index contributed by atoms with van der Waals surface area (Å²) >= 11 is 0. The first kappa shape index (κ1) is 19.4. The largest absolute Gasteiger partial charge is 0.325 e. The molecule has 0 aliphatic heterocycles. The fourth-order valence-electron chi connectivity index (χ4n) is 2.46. The van der Waals surface area contributed by atoms with Crippen molar-refractivity contribution in [3.63, 3.8) is 0 Å². The Hall–Kier alpha value is -2.95. The van der Waals surface area contributed by atoms with Crippen LogP contribution in [0.5, 0.6) is 0 Å². The number of ketones is 1. The Kier molecular flexibility index (Phi) is 5.60. The minimum atomic E-state index is -1.27. The molecule has 0 fully saturated rings. The van der Waals surface area contributed by atoms with Crippen molar-refractivity contribution >= 4 is 29.0 Å². The molecule has 136 valence electrons. The zero-order valence-corrected chi connectivity index (χ0v) is 15.8. The highest BCUT2D eigenvalue weighted by Crippen LogP contribution is 2.25. The number of Topliss-reactive ketones (excluding diaryl/α,β-unsaturated/α-hetero) is 1. The summed E-state index contributed by atoms with van der Waals surface area (Å²) < 4.78 is 0. The van der Waals surface area contributed by atoms with Crippen molar-refractivity contribution in [3.8, 4) is 0 Å². The summed E-state index contributed by atoms with van der Waals surface area (Å²) in [5.41, 5.74) is 2.43. The molecule has 0 radical (unpaired) electrons. The van der Waals surface area contributed by atoms with Crippen molar-refractivity contribution in [1.29, 1.82) is 0 Å². The van der Waals surface area contributed by atoms with Crippen LogP contribution in [-0.2, 0) is 9.59 Å². The second-order valence-corrected chi connectivity index (χ2v) is 6.93. The van der Waals surface area contributed by atoms with Crippen LogP contribution in [-0.4, -0.2) is 17.6 Å². The maximum absolute atomic E-state index is 12.7. The first-order chi connectivity index (χ1) is 12.1. The third kappa shape index (κ3) is 4.17. The van der Waals surface area contributed by atoms with Crippen LogP contribution in [0.1, 0.15) is 42.3 Å². The molecular formula is C21H24N2O3. The van der Waals surface area contributed by atoms with Crippen LogP contribution in [0.15, 0.2) is 42.5 Å². The third-order valence-electron chi connectivity index (χ3n) is 4.40. The monoisotopic (exact) mass is 352 g/mol. The van der Waals surface area contributed by atoms with Crippen molar-refractivity contribution in [3.05, 3.63) is 59.2 Å². The van der Waals surface area contributed by atoms with E-state index in [9.17, 15) is 14.4 Å². The lowest BCUT2D eigenvalue weighted by Crippen LogP contribution is -2.41. The number of para-hydroxylation sites is 1. The summed E-state index contributed by atoms with van der Waals surface area (Å²) in [6.45, 7) is 8.46. The van der Waals surface area contributed by atoms with Crippen LogP contribution >= 0.6 is 0 Å². The normalized spacial score (nSPS) is 11.0. The number of carbonyl (C=O) groups excluding carboxylic acids is 3. The number of nitrogens with one attached hydrogen (secondary N) is 2. The van der Waals surface area contributed by atoms with E-state index in [0.29, 0.717) is 11.3 Å². The Bertz CT molecular complexity index is 832. The summed E-state index contributed by atoms with van der Waals surface area (Å²) in [5, 5.41) is 5.60. The van der Waals surface area contributed by atoms with Gasteiger partial charge in [0.05, 0.1) is 0 Å². The molecule has 0 spiro atoms. The average Bonchev–Trinajstić information content (AvgIpc) is 2.58. The first-order valence-corrected chi connectivity index (χ1v) is 8.43. The molecule has 0 bridgehead atoms. The van der Waals surface area contributed by atoms with Crippen LogP contribution in [0, 0.1) is 19.3 Å². The van der Waals surface area contributed by atoms with Gasteiger partial charge in [-0.15, -0.1) is 0 Å². The highest BCUT2D eigenvalue weighted by molar-refractivity contribution is 6.14. The highest BCUT2D eigenvalue weighted by atomic mass is 16.2. The molecule has 5 heteroatoms. The van der Waals surface area contributed by atoms with Gasteiger partial charge in [-0.25, -0.2) is 0 Å². The Morgan fingerprint density at radius 1 is 0.808 bits per heavy atom. The lowest BCUT2D eigenvalue weighted by atomic mass is 9.90. The standard InChI is InChI=1S/C21H24N2O3/c1-13-7-6-8-14(2)18(13)23-20(26)21(4,5)19(25)22-17-11-9-16(10-12-17)15(3)24/h6-12H,1-5H3,(H,22,25)(H,23,26). The van der Waals surface area contributed by atoms with Gasteiger partial charge in [0.25, 0.3) is 0 Å². The molecule has 2 N–H and O–H groups in total. The van der Waals surface area contributed by atoms with Crippen molar-refractivity contribution in [2.24, 2.45) is 5.41 Å². The minimum absolute atomic E-state index is 0.0452. The predicted molar refractivity (Wildman–Crippen MR) is 103 cm³/mol. The number of amides is 2. The number of carbonyl (C=O) groups is 3. The molecule has 0 aliphatic rings. The molecule has 0 heterocycles. The van der Waals surface area contributed by atoms with E-state index < -0.39 is 11.3 Å². The molecule has 0 saturated carbocycles. The van der Waals surface area contributed by atoms with E-state index in [1.807, 2.05) is 32.0 Å². The molecule has 5 nitrogen and oxygen atoms in total. The Balaban J connectivity index is 2.13. The lowest BCUT2D eigenvalue weighted by molar-refractivity contribution is -0.135. The molecule has 2 rings (SSSR count). The maximum Gasteiger partial charge on any atom is 0.239 e. The van der Waals surface area contributed by atoms with Gasteiger partial charge in [0.1, 0.15) is 5.41 Å².